The summed E-state index contributed by atoms with van der Waals surface area (Å²) in [5.74, 6) is -0.140. The highest BCUT2D eigenvalue weighted by Crippen LogP contribution is 2.57. The first-order chi connectivity index (χ1) is 8.95. The van der Waals surface area contributed by atoms with Crippen LogP contribution in [0, 0.1) is 5.41 Å². The van der Waals surface area contributed by atoms with E-state index in [1.807, 2.05) is 17.8 Å². The zero-order valence-electron chi connectivity index (χ0n) is 10.6. The maximum absolute atomic E-state index is 10.8. The number of rotatable bonds is 4. The topological polar surface area (TPSA) is 76.4 Å². The molecule has 1 aliphatic heterocycles. The van der Waals surface area contributed by atoms with Crippen molar-refractivity contribution in [2.24, 2.45) is 12.5 Å². The molecule has 0 aromatic carbocycles. The van der Waals surface area contributed by atoms with Gasteiger partial charge in [0.05, 0.1) is 0 Å². The fourth-order valence-corrected chi connectivity index (χ4v) is 3.74. The van der Waals surface area contributed by atoms with Gasteiger partial charge in [-0.1, -0.05) is 0 Å². The van der Waals surface area contributed by atoms with Gasteiger partial charge in [0.1, 0.15) is 22.6 Å². The molecule has 2 aliphatic rings. The molecular formula is C12H16BrN3O3. The Labute approximate surface area is 119 Å². The Balaban J connectivity index is 1.85. The zero-order valence-corrected chi connectivity index (χ0v) is 12.2. The van der Waals surface area contributed by atoms with Crippen molar-refractivity contribution in [3.8, 4) is 0 Å². The van der Waals surface area contributed by atoms with Crippen LogP contribution in [0.1, 0.15) is 18.7 Å². The Morgan fingerprint density at radius 2 is 2.32 bits per heavy atom. The second kappa shape index (κ2) is 4.29. The minimum absolute atomic E-state index is 0.275. The van der Waals surface area contributed by atoms with Crippen LogP contribution in [-0.4, -0.2) is 40.3 Å². The smallest absolute Gasteiger partial charge is 0.329 e. The SMILES string of the molecule is Cn1cc(Br)nc1C1(OCC(=O)O)CC2(CNC2)C1. The van der Waals surface area contributed by atoms with E-state index < -0.39 is 11.6 Å². The predicted octanol–water partition coefficient (Wildman–Crippen LogP) is 0.862. The van der Waals surface area contributed by atoms with Crippen molar-refractivity contribution >= 4 is 21.9 Å². The first-order valence-corrected chi connectivity index (χ1v) is 7.00. The lowest BCUT2D eigenvalue weighted by atomic mass is 9.55. The van der Waals surface area contributed by atoms with Gasteiger partial charge in [0.15, 0.2) is 0 Å². The van der Waals surface area contributed by atoms with E-state index in [4.69, 9.17) is 9.84 Å². The lowest BCUT2D eigenvalue weighted by Crippen LogP contribution is -2.66. The van der Waals surface area contributed by atoms with Crippen LogP contribution in [0.4, 0.5) is 0 Å². The quantitative estimate of drug-likeness (QED) is 0.856. The van der Waals surface area contributed by atoms with Gasteiger partial charge in [0.25, 0.3) is 0 Å². The van der Waals surface area contributed by atoms with E-state index in [0.717, 1.165) is 36.4 Å². The van der Waals surface area contributed by atoms with Gasteiger partial charge in [-0.25, -0.2) is 9.78 Å². The molecule has 2 heterocycles. The summed E-state index contributed by atoms with van der Waals surface area (Å²) in [4.78, 5) is 15.2. The molecule has 0 atom stereocenters. The van der Waals surface area contributed by atoms with E-state index in [-0.39, 0.29) is 12.0 Å². The summed E-state index contributed by atoms with van der Waals surface area (Å²) < 4.78 is 8.36. The summed E-state index contributed by atoms with van der Waals surface area (Å²) in [6.07, 6.45) is 3.53. The largest absolute Gasteiger partial charge is 0.480 e. The minimum atomic E-state index is -0.944. The van der Waals surface area contributed by atoms with Gasteiger partial charge < -0.3 is 19.7 Å². The Morgan fingerprint density at radius 1 is 1.63 bits per heavy atom. The highest BCUT2D eigenvalue weighted by molar-refractivity contribution is 9.10. The van der Waals surface area contributed by atoms with Crippen molar-refractivity contribution in [2.75, 3.05) is 19.7 Å². The molecule has 2 fully saturated rings. The molecule has 0 amide bonds. The standard InChI is InChI=1S/C12H16BrN3O3/c1-16-2-8(13)15-10(16)12(19-3-9(17)18)4-11(5-12)6-14-7-11/h2,14H,3-7H2,1H3,(H,17,18). The molecule has 2 N–H and O–H groups in total. The molecule has 0 bridgehead atoms. The van der Waals surface area contributed by atoms with E-state index in [0.29, 0.717) is 0 Å². The molecule has 0 unspecified atom stereocenters. The van der Waals surface area contributed by atoms with E-state index in [2.05, 4.69) is 26.2 Å². The van der Waals surface area contributed by atoms with Crippen LogP contribution in [0.3, 0.4) is 0 Å². The van der Waals surface area contributed by atoms with Crippen molar-refractivity contribution in [2.45, 2.75) is 18.4 Å². The number of hydrogen-bond donors (Lipinski definition) is 2. The van der Waals surface area contributed by atoms with Gasteiger partial charge in [-0.2, -0.15) is 0 Å². The van der Waals surface area contributed by atoms with Gasteiger partial charge in [-0.15, -0.1) is 0 Å². The summed E-state index contributed by atoms with van der Waals surface area (Å²) in [6.45, 7) is 1.68. The monoisotopic (exact) mass is 329 g/mol. The third-order valence-electron chi connectivity index (χ3n) is 4.05. The second-order valence-corrected chi connectivity index (χ2v) is 6.44. The second-order valence-electron chi connectivity index (χ2n) is 5.63. The highest BCUT2D eigenvalue weighted by Gasteiger charge is 2.61. The fraction of sp³-hybridized carbons (Fsp3) is 0.667. The molecule has 0 radical (unpaired) electrons. The first-order valence-electron chi connectivity index (χ1n) is 6.21. The van der Waals surface area contributed by atoms with Crippen molar-refractivity contribution < 1.29 is 14.6 Å². The molecule has 1 aromatic rings. The van der Waals surface area contributed by atoms with Crippen molar-refractivity contribution in [1.29, 1.82) is 0 Å². The average molecular weight is 330 g/mol. The molecule has 1 spiro atoms. The maximum atomic E-state index is 10.8. The van der Waals surface area contributed by atoms with Crippen LogP contribution >= 0.6 is 15.9 Å². The number of carboxylic acid groups (broad SMARTS) is 1. The molecule has 3 rings (SSSR count). The van der Waals surface area contributed by atoms with E-state index in [1.165, 1.54) is 0 Å². The number of carboxylic acids is 1. The number of halogens is 1. The molecule has 104 valence electrons. The highest BCUT2D eigenvalue weighted by atomic mass is 79.9. The molecule has 6 nitrogen and oxygen atoms in total. The summed E-state index contributed by atoms with van der Waals surface area (Å²) in [7, 11) is 1.91. The fourth-order valence-electron chi connectivity index (χ4n) is 3.27. The van der Waals surface area contributed by atoms with Crippen molar-refractivity contribution in [1.82, 2.24) is 14.9 Å². The third kappa shape index (κ3) is 2.09. The molecule has 7 heteroatoms. The molecular weight excluding hydrogens is 314 g/mol. The molecule has 1 aliphatic carbocycles. The maximum Gasteiger partial charge on any atom is 0.329 e. The number of carbonyl (C=O) groups is 1. The number of aromatic nitrogens is 2. The summed E-state index contributed by atoms with van der Waals surface area (Å²) in [5, 5.41) is 12.1. The van der Waals surface area contributed by atoms with Crippen LogP contribution in [0.2, 0.25) is 0 Å². The number of aliphatic carboxylic acids is 1. The van der Waals surface area contributed by atoms with Gasteiger partial charge in [0.2, 0.25) is 0 Å². The summed E-state index contributed by atoms with van der Waals surface area (Å²) in [5.41, 5.74) is -0.280. The van der Waals surface area contributed by atoms with E-state index in [9.17, 15) is 4.79 Å². The Kier molecular flexibility index (Phi) is 2.95. The molecule has 1 aromatic heterocycles. The van der Waals surface area contributed by atoms with Gasteiger partial charge >= 0.3 is 5.97 Å². The van der Waals surface area contributed by atoms with Crippen LogP contribution < -0.4 is 5.32 Å². The molecule has 1 saturated heterocycles. The number of nitrogens with zero attached hydrogens (tertiary/aromatic N) is 2. The summed E-state index contributed by atoms with van der Waals surface area (Å²) >= 11 is 3.35. The Bertz CT molecular complexity index is 516. The van der Waals surface area contributed by atoms with Gasteiger partial charge in [-0.05, 0) is 28.8 Å². The average Bonchev–Trinajstić information content (AvgIpc) is 2.54. The number of hydrogen-bond acceptors (Lipinski definition) is 4. The Morgan fingerprint density at radius 3 is 2.74 bits per heavy atom. The van der Waals surface area contributed by atoms with E-state index in [1.54, 1.807) is 0 Å². The van der Waals surface area contributed by atoms with Crippen molar-refractivity contribution in [3.05, 3.63) is 16.6 Å². The number of aryl methyl sites for hydroxylation is 1. The number of nitrogens with one attached hydrogen (secondary N) is 1. The first kappa shape index (κ1) is 13.1. The van der Waals surface area contributed by atoms with E-state index >= 15 is 0 Å². The lowest BCUT2D eigenvalue weighted by molar-refractivity contribution is -0.204. The van der Waals surface area contributed by atoms with Crippen LogP contribution in [0.15, 0.2) is 10.8 Å². The normalized spacial score (nSPS) is 22.8. The van der Waals surface area contributed by atoms with Crippen molar-refractivity contribution in [3.63, 3.8) is 0 Å². The van der Waals surface area contributed by atoms with Crippen LogP contribution in [0.25, 0.3) is 0 Å². The van der Waals surface area contributed by atoms with Crippen LogP contribution in [-0.2, 0) is 22.2 Å². The Hall–Kier alpha value is -0.920. The molecule has 1 saturated carbocycles. The van der Waals surface area contributed by atoms with Crippen LogP contribution in [0.5, 0.6) is 0 Å². The van der Waals surface area contributed by atoms with Gasteiger partial charge in [0, 0.05) is 31.7 Å². The number of imidazole rings is 1. The third-order valence-corrected chi connectivity index (χ3v) is 4.43. The zero-order chi connectivity index (χ0) is 13.7. The predicted molar refractivity (Wildman–Crippen MR) is 70.7 cm³/mol. The lowest BCUT2D eigenvalue weighted by Gasteiger charge is -2.59. The number of ether oxygens (including phenoxy) is 1. The summed E-state index contributed by atoms with van der Waals surface area (Å²) in [6, 6.07) is 0. The minimum Gasteiger partial charge on any atom is -0.480 e. The molecule has 19 heavy (non-hydrogen) atoms. The van der Waals surface area contributed by atoms with Gasteiger partial charge in [-0.3, -0.25) is 0 Å².